The van der Waals surface area contributed by atoms with E-state index in [-0.39, 0.29) is 5.78 Å². The van der Waals surface area contributed by atoms with Crippen LogP contribution in [-0.2, 0) is 12.8 Å². The minimum Gasteiger partial charge on any atom is -0.374 e. The lowest BCUT2D eigenvalue weighted by molar-refractivity contribution is -0.692. The molecule has 2 aromatic rings. The molecule has 3 nitrogen and oxygen atoms in total. The fourth-order valence-corrected chi connectivity index (χ4v) is 3.92. The van der Waals surface area contributed by atoms with Crippen LogP contribution in [0.5, 0.6) is 0 Å². The van der Waals surface area contributed by atoms with Crippen molar-refractivity contribution in [1.82, 2.24) is 5.32 Å². The number of likely N-dealkylation sites (N-methyl/N-ethyl adjacent to an activating group) is 1. The van der Waals surface area contributed by atoms with Crippen LogP contribution >= 0.6 is 23.8 Å². The average Bonchev–Trinajstić information content (AvgIpc) is 2.62. The number of nitrogens with zero attached hydrogens (tertiary/aromatic N) is 1. The van der Waals surface area contributed by atoms with Crippen LogP contribution in [0.3, 0.4) is 0 Å². The third-order valence-electron chi connectivity index (χ3n) is 4.59. The first kappa shape index (κ1) is 18.0. The summed E-state index contributed by atoms with van der Waals surface area (Å²) in [6, 6.07) is 8.68. The summed E-state index contributed by atoms with van der Waals surface area (Å²) in [6.45, 7) is 2.65. The molecule has 1 N–H and O–H groups in total. The summed E-state index contributed by atoms with van der Waals surface area (Å²) >= 11 is 11.8. The van der Waals surface area contributed by atoms with E-state index in [0.717, 1.165) is 12.8 Å². The maximum atomic E-state index is 13.2. The number of benzene rings is 1. The maximum Gasteiger partial charge on any atom is 0.270 e. The Morgan fingerprint density at radius 2 is 1.96 bits per heavy atom. The van der Waals surface area contributed by atoms with E-state index in [1.165, 1.54) is 24.0 Å². The Morgan fingerprint density at radius 1 is 1.24 bits per heavy atom. The minimum absolute atomic E-state index is 0.0858. The molecule has 0 aliphatic heterocycles. The maximum absolute atomic E-state index is 13.2. The van der Waals surface area contributed by atoms with Gasteiger partial charge in [-0.15, -0.1) is 0 Å². The van der Waals surface area contributed by atoms with Gasteiger partial charge in [-0.3, -0.25) is 4.79 Å². The number of thiocarbonyl (C=S) groups is 1. The van der Waals surface area contributed by atoms with Gasteiger partial charge in [0.15, 0.2) is 17.4 Å². The van der Waals surface area contributed by atoms with Gasteiger partial charge in [-0.1, -0.05) is 36.0 Å². The normalized spacial score (nSPS) is 14.5. The standard InChI is InChI=1S/C20H21ClN2OS/c1-2-22-20(25)18(19(24)16-9-5-6-10-17(16)21)23-12-11-14-7-3-4-8-15(14)13-23/h5-6,9-13,18H,2-4,7-8H2,1H3/p+1. The fourth-order valence-electron chi connectivity index (χ4n) is 3.32. The first-order valence-corrected chi connectivity index (χ1v) is 9.49. The van der Waals surface area contributed by atoms with E-state index < -0.39 is 6.04 Å². The monoisotopic (exact) mass is 373 g/mol. The van der Waals surface area contributed by atoms with Crippen LogP contribution in [0.4, 0.5) is 0 Å². The van der Waals surface area contributed by atoms with Crippen LogP contribution in [0.2, 0.25) is 5.02 Å². The molecule has 1 aliphatic carbocycles. The van der Waals surface area contributed by atoms with E-state index in [4.69, 9.17) is 23.8 Å². The smallest absolute Gasteiger partial charge is 0.270 e. The van der Waals surface area contributed by atoms with Crippen molar-refractivity contribution in [2.75, 3.05) is 6.54 Å². The van der Waals surface area contributed by atoms with Crippen molar-refractivity contribution in [2.24, 2.45) is 0 Å². The van der Waals surface area contributed by atoms with Crippen molar-refractivity contribution in [3.63, 3.8) is 0 Å². The van der Waals surface area contributed by atoms with Gasteiger partial charge in [-0.05, 0) is 50.3 Å². The van der Waals surface area contributed by atoms with Crippen molar-refractivity contribution < 1.29 is 9.36 Å². The second kappa shape index (κ2) is 8.07. The molecule has 1 heterocycles. The highest BCUT2D eigenvalue weighted by molar-refractivity contribution is 7.80. The molecule has 1 atom stereocenters. The van der Waals surface area contributed by atoms with E-state index in [1.807, 2.05) is 29.8 Å². The molecule has 0 saturated carbocycles. The van der Waals surface area contributed by atoms with Crippen LogP contribution < -0.4 is 9.88 Å². The highest BCUT2D eigenvalue weighted by atomic mass is 35.5. The van der Waals surface area contributed by atoms with Crippen molar-refractivity contribution in [3.8, 4) is 0 Å². The Bertz CT molecular complexity index is 806. The third-order valence-corrected chi connectivity index (χ3v) is 5.29. The molecule has 0 fully saturated rings. The zero-order valence-electron chi connectivity index (χ0n) is 14.3. The molecule has 25 heavy (non-hydrogen) atoms. The SMILES string of the molecule is CCNC(=S)C(C(=O)c1ccccc1Cl)[n+]1ccc2c(c1)CCCC2. The van der Waals surface area contributed by atoms with Gasteiger partial charge in [0, 0.05) is 23.7 Å². The molecule has 0 radical (unpaired) electrons. The van der Waals surface area contributed by atoms with Crippen molar-refractivity contribution in [2.45, 2.75) is 38.6 Å². The van der Waals surface area contributed by atoms with Gasteiger partial charge in [0.25, 0.3) is 6.04 Å². The highest BCUT2D eigenvalue weighted by Crippen LogP contribution is 2.22. The van der Waals surface area contributed by atoms with Gasteiger partial charge in [-0.2, -0.15) is 4.57 Å². The summed E-state index contributed by atoms with van der Waals surface area (Å²) in [5.74, 6) is -0.0858. The number of pyridine rings is 1. The van der Waals surface area contributed by atoms with Crippen LogP contribution in [0.25, 0.3) is 0 Å². The number of aromatic nitrogens is 1. The molecule has 0 spiro atoms. The number of carbonyl (C=O) groups excluding carboxylic acids is 1. The Labute approximate surface area is 159 Å². The van der Waals surface area contributed by atoms with Crippen LogP contribution in [0.15, 0.2) is 42.7 Å². The Hall–Kier alpha value is -1.78. The van der Waals surface area contributed by atoms with E-state index in [2.05, 4.69) is 17.6 Å². The summed E-state index contributed by atoms with van der Waals surface area (Å²) in [6.07, 6.45) is 8.63. The largest absolute Gasteiger partial charge is 0.374 e. The zero-order chi connectivity index (χ0) is 17.8. The molecule has 1 unspecified atom stereocenters. The predicted octanol–water partition coefficient (Wildman–Crippen LogP) is 3.87. The summed E-state index contributed by atoms with van der Waals surface area (Å²) < 4.78 is 1.93. The van der Waals surface area contributed by atoms with Gasteiger partial charge in [0.2, 0.25) is 5.78 Å². The molecule has 3 rings (SSSR count). The minimum atomic E-state index is -0.581. The number of hydrogen-bond donors (Lipinski definition) is 1. The van der Waals surface area contributed by atoms with Crippen molar-refractivity contribution >= 4 is 34.6 Å². The van der Waals surface area contributed by atoms with Crippen LogP contribution in [-0.4, -0.2) is 17.3 Å². The van der Waals surface area contributed by atoms with Gasteiger partial charge >= 0.3 is 0 Å². The molecule has 0 saturated heterocycles. The molecule has 1 aromatic carbocycles. The summed E-state index contributed by atoms with van der Waals surface area (Å²) in [4.78, 5) is 13.7. The molecular weight excluding hydrogens is 352 g/mol. The molecule has 5 heteroatoms. The van der Waals surface area contributed by atoms with Crippen LogP contribution in [0, 0.1) is 0 Å². The number of Topliss-reactive ketones (excluding diaryl/α,β-unsaturated/α-hetero) is 1. The molecule has 1 aliphatic rings. The summed E-state index contributed by atoms with van der Waals surface area (Å²) in [7, 11) is 0. The number of ketones is 1. The molecule has 0 bridgehead atoms. The van der Waals surface area contributed by atoms with Gasteiger partial charge < -0.3 is 5.32 Å². The van der Waals surface area contributed by atoms with Crippen LogP contribution in [0.1, 0.15) is 47.3 Å². The van der Waals surface area contributed by atoms with Gasteiger partial charge in [-0.25, -0.2) is 0 Å². The number of fused-ring (bicyclic) bond motifs is 1. The molecule has 130 valence electrons. The van der Waals surface area contributed by atoms with Crippen molar-refractivity contribution in [3.05, 3.63) is 64.4 Å². The Morgan fingerprint density at radius 3 is 2.68 bits per heavy atom. The highest BCUT2D eigenvalue weighted by Gasteiger charge is 2.34. The average molecular weight is 374 g/mol. The van der Waals surface area contributed by atoms with Gasteiger partial charge in [0.1, 0.15) is 0 Å². The first-order valence-electron chi connectivity index (χ1n) is 8.70. The van der Waals surface area contributed by atoms with E-state index in [1.54, 1.807) is 12.1 Å². The fraction of sp³-hybridized carbons (Fsp3) is 0.350. The Balaban J connectivity index is 2.02. The lowest BCUT2D eigenvalue weighted by atomic mass is 9.93. The predicted molar refractivity (Wildman–Crippen MR) is 104 cm³/mol. The number of halogens is 1. The van der Waals surface area contributed by atoms with E-state index in [9.17, 15) is 4.79 Å². The summed E-state index contributed by atoms with van der Waals surface area (Å²) in [5.41, 5.74) is 3.19. The number of aryl methyl sites for hydroxylation is 2. The molecule has 1 aromatic heterocycles. The number of carbonyl (C=O) groups is 1. The summed E-state index contributed by atoms with van der Waals surface area (Å²) in [5, 5.41) is 3.60. The lowest BCUT2D eigenvalue weighted by Gasteiger charge is -2.18. The Kier molecular flexibility index (Phi) is 5.82. The van der Waals surface area contributed by atoms with E-state index >= 15 is 0 Å². The zero-order valence-corrected chi connectivity index (χ0v) is 15.9. The number of hydrogen-bond acceptors (Lipinski definition) is 2. The first-order chi connectivity index (χ1) is 12.1. The third kappa shape index (κ3) is 3.91. The quantitative estimate of drug-likeness (QED) is 0.490. The molecule has 0 amide bonds. The molecular formula is C20H22ClN2OS+. The topological polar surface area (TPSA) is 33.0 Å². The lowest BCUT2D eigenvalue weighted by Crippen LogP contribution is -2.51. The number of nitrogens with one attached hydrogen (secondary N) is 1. The second-order valence-corrected chi connectivity index (χ2v) is 7.14. The second-order valence-electron chi connectivity index (χ2n) is 6.29. The van der Waals surface area contributed by atoms with Crippen molar-refractivity contribution in [1.29, 1.82) is 0 Å². The number of rotatable bonds is 5. The van der Waals surface area contributed by atoms with Gasteiger partial charge in [0.05, 0.1) is 5.02 Å². The van der Waals surface area contributed by atoms with E-state index in [0.29, 0.717) is 22.1 Å².